The molecule has 0 aliphatic carbocycles. The molecule has 1 heterocycles. The van der Waals surface area contributed by atoms with Gasteiger partial charge >= 0.3 is 0 Å². The molecule has 3 N–H and O–H groups in total. The van der Waals surface area contributed by atoms with Gasteiger partial charge in [0.2, 0.25) is 0 Å². The Hall–Kier alpha value is -1.61. The van der Waals surface area contributed by atoms with Gasteiger partial charge in [-0.05, 0) is 24.3 Å². The molecular weight excluding hydrogens is 212 g/mol. The SMILES string of the molecule is Nc1ccc(Cl)cc1NCc1ccoc1. The second-order valence-electron chi connectivity index (χ2n) is 3.22. The van der Waals surface area contributed by atoms with Crippen molar-refractivity contribution in [3.63, 3.8) is 0 Å². The van der Waals surface area contributed by atoms with Gasteiger partial charge < -0.3 is 15.5 Å². The average Bonchev–Trinajstić information content (AvgIpc) is 2.72. The van der Waals surface area contributed by atoms with E-state index < -0.39 is 0 Å². The minimum Gasteiger partial charge on any atom is -0.472 e. The Morgan fingerprint density at radius 3 is 2.93 bits per heavy atom. The van der Waals surface area contributed by atoms with E-state index in [0.29, 0.717) is 17.3 Å². The second kappa shape index (κ2) is 4.28. The van der Waals surface area contributed by atoms with Crippen molar-refractivity contribution in [2.24, 2.45) is 0 Å². The molecule has 0 bridgehead atoms. The fourth-order valence-electron chi connectivity index (χ4n) is 1.27. The number of halogens is 1. The van der Waals surface area contributed by atoms with Crippen molar-refractivity contribution in [2.45, 2.75) is 6.54 Å². The highest BCUT2D eigenvalue weighted by molar-refractivity contribution is 6.31. The Morgan fingerprint density at radius 2 is 2.20 bits per heavy atom. The Bertz CT molecular complexity index is 440. The van der Waals surface area contributed by atoms with E-state index >= 15 is 0 Å². The molecule has 1 aromatic heterocycles. The van der Waals surface area contributed by atoms with Crippen molar-refractivity contribution in [1.82, 2.24) is 0 Å². The van der Waals surface area contributed by atoms with E-state index in [1.807, 2.05) is 6.07 Å². The maximum absolute atomic E-state index is 5.86. The fraction of sp³-hybridized carbons (Fsp3) is 0.0909. The van der Waals surface area contributed by atoms with Crippen LogP contribution in [0, 0.1) is 0 Å². The zero-order valence-corrected chi connectivity index (χ0v) is 8.79. The zero-order valence-electron chi connectivity index (χ0n) is 8.03. The normalized spacial score (nSPS) is 10.2. The topological polar surface area (TPSA) is 51.2 Å². The Morgan fingerprint density at radius 1 is 1.33 bits per heavy atom. The highest BCUT2D eigenvalue weighted by Crippen LogP contribution is 2.23. The van der Waals surface area contributed by atoms with Gasteiger partial charge in [0.05, 0.1) is 23.9 Å². The summed E-state index contributed by atoms with van der Waals surface area (Å²) in [5.74, 6) is 0. The van der Waals surface area contributed by atoms with Gasteiger partial charge in [0.15, 0.2) is 0 Å². The Labute approximate surface area is 92.8 Å². The third-order valence-corrected chi connectivity index (χ3v) is 2.31. The molecule has 0 aliphatic rings. The number of nitrogens with one attached hydrogen (secondary N) is 1. The summed E-state index contributed by atoms with van der Waals surface area (Å²) >= 11 is 5.86. The van der Waals surface area contributed by atoms with Crippen molar-refractivity contribution in [2.75, 3.05) is 11.1 Å². The molecule has 78 valence electrons. The van der Waals surface area contributed by atoms with E-state index in [9.17, 15) is 0 Å². The quantitative estimate of drug-likeness (QED) is 0.785. The Balaban J connectivity index is 2.07. The summed E-state index contributed by atoms with van der Waals surface area (Å²) in [6, 6.07) is 7.24. The lowest BCUT2D eigenvalue weighted by molar-refractivity contribution is 0.564. The summed E-state index contributed by atoms with van der Waals surface area (Å²) < 4.78 is 4.96. The van der Waals surface area contributed by atoms with E-state index in [4.69, 9.17) is 21.8 Å². The van der Waals surface area contributed by atoms with Gasteiger partial charge in [-0.15, -0.1) is 0 Å². The minimum absolute atomic E-state index is 0.666. The van der Waals surface area contributed by atoms with E-state index in [1.165, 1.54) is 0 Å². The van der Waals surface area contributed by atoms with Crippen LogP contribution in [-0.4, -0.2) is 0 Å². The summed E-state index contributed by atoms with van der Waals surface area (Å²) in [6.07, 6.45) is 3.33. The molecule has 2 aromatic rings. The van der Waals surface area contributed by atoms with Crippen LogP contribution in [0.4, 0.5) is 11.4 Å². The van der Waals surface area contributed by atoms with Gasteiger partial charge in [-0.25, -0.2) is 0 Å². The number of nitrogen functional groups attached to an aromatic ring is 1. The Kier molecular flexibility index (Phi) is 2.83. The second-order valence-corrected chi connectivity index (χ2v) is 3.65. The lowest BCUT2D eigenvalue weighted by Crippen LogP contribution is -2.01. The molecule has 0 saturated carbocycles. The summed E-state index contributed by atoms with van der Waals surface area (Å²) in [6.45, 7) is 0.668. The van der Waals surface area contributed by atoms with Gasteiger partial charge in [-0.2, -0.15) is 0 Å². The first kappa shape index (κ1) is 9.93. The van der Waals surface area contributed by atoms with Gasteiger partial charge in [-0.1, -0.05) is 11.6 Å². The molecule has 0 fully saturated rings. The smallest absolute Gasteiger partial charge is 0.0952 e. The van der Waals surface area contributed by atoms with Crippen LogP contribution in [0.1, 0.15) is 5.56 Å². The monoisotopic (exact) mass is 222 g/mol. The molecule has 3 nitrogen and oxygen atoms in total. The molecular formula is C11H11ClN2O. The largest absolute Gasteiger partial charge is 0.472 e. The number of nitrogens with two attached hydrogens (primary N) is 1. The van der Waals surface area contributed by atoms with Gasteiger partial charge in [-0.3, -0.25) is 0 Å². The van der Waals surface area contributed by atoms with Crippen molar-refractivity contribution < 1.29 is 4.42 Å². The van der Waals surface area contributed by atoms with Crippen LogP contribution in [0.3, 0.4) is 0 Å². The standard InChI is InChI=1S/C11H11ClN2O/c12-9-1-2-10(13)11(5-9)14-6-8-3-4-15-7-8/h1-5,7,14H,6,13H2. The van der Waals surface area contributed by atoms with Crippen LogP contribution in [0.15, 0.2) is 41.2 Å². The third-order valence-electron chi connectivity index (χ3n) is 2.08. The van der Waals surface area contributed by atoms with Crippen molar-refractivity contribution in [1.29, 1.82) is 0 Å². The van der Waals surface area contributed by atoms with Crippen LogP contribution in [-0.2, 0) is 6.54 Å². The van der Waals surface area contributed by atoms with E-state index in [1.54, 1.807) is 30.7 Å². The average molecular weight is 223 g/mol. The summed E-state index contributed by atoms with van der Waals surface area (Å²) in [5, 5.41) is 3.85. The first-order valence-corrected chi connectivity index (χ1v) is 4.93. The summed E-state index contributed by atoms with van der Waals surface area (Å²) in [4.78, 5) is 0. The molecule has 4 heteroatoms. The predicted octanol–water partition coefficient (Wildman–Crippen LogP) is 3.13. The van der Waals surface area contributed by atoms with E-state index in [0.717, 1.165) is 11.3 Å². The first-order chi connectivity index (χ1) is 7.25. The molecule has 15 heavy (non-hydrogen) atoms. The van der Waals surface area contributed by atoms with Crippen LogP contribution in [0.5, 0.6) is 0 Å². The van der Waals surface area contributed by atoms with Crippen LogP contribution in [0.2, 0.25) is 5.02 Å². The highest BCUT2D eigenvalue weighted by atomic mass is 35.5. The number of furan rings is 1. The zero-order chi connectivity index (χ0) is 10.7. The number of rotatable bonds is 3. The maximum Gasteiger partial charge on any atom is 0.0952 e. The summed E-state index contributed by atoms with van der Waals surface area (Å²) in [5.41, 5.74) is 8.37. The van der Waals surface area contributed by atoms with Gasteiger partial charge in [0.1, 0.15) is 0 Å². The van der Waals surface area contributed by atoms with Crippen LogP contribution in [0.25, 0.3) is 0 Å². The maximum atomic E-state index is 5.86. The van der Waals surface area contributed by atoms with Crippen molar-refractivity contribution >= 4 is 23.0 Å². The minimum atomic E-state index is 0.666. The highest BCUT2D eigenvalue weighted by Gasteiger charge is 2.00. The number of hydrogen-bond donors (Lipinski definition) is 2. The molecule has 0 unspecified atom stereocenters. The lowest BCUT2D eigenvalue weighted by Gasteiger charge is -2.08. The fourth-order valence-corrected chi connectivity index (χ4v) is 1.44. The van der Waals surface area contributed by atoms with E-state index in [2.05, 4.69) is 5.32 Å². The molecule has 0 amide bonds. The number of anilines is 2. The molecule has 1 aromatic carbocycles. The van der Waals surface area contributed by atoms with Gasteiger partial charge in [0, 0.05) is 17.1 Å². The molecule has 0 atom stereocenters. The molecule has 2 rings (SSSR count). The van der Waals surface area contributed by atoms with Gasteiger partial charge in [0.25, 0.3) is 0 Å². The molecule has 0 radical (unpaired) electrons. The van der Waals surface area contributed by atoms with Crippen LogP contribution < -0.4 is 11.1 Å². The molecule has 0 saturated heterocycles. The lowest BCUT2D eigenvalue weighted by atomic mass is 10.2. The predicted molar refractivity (Wildman–Crippen MR) is 61.9 cm³/mol. The van der Waals surface area contributed by atoms with Crippen LogP contribution >= 0.6 is 11.6 Å². The van der Waals surface area contributed by atoms with Crippen molar-refractivity contribution in [3.8, 4) is 0 Å². The van der Waals surface area contributed by atoms with Crippen molar-refractivity contribution in [3.05, 3.63) is 47.4 Å². The third kappa shape index (κ3) is 2.44. The molecule has 0 aliphatic heterocycles. The number of benzene rings is 1. The van der Waals surface area contributed by atoms with E-state index in [-0.39, 0.29) is 0 Å². The molecule has 0 spiro atoms. The number of hydrogen-bond acceptors (Lipinski definition) is 3. The first-order valence-electron chi connectivity index (χ1n) is 4.55. The summed E-state index contributed by atoms with van der Waals surface area (Å²) in [7, 11) is 0.